The number of halogens is 2. The van der Waals surface area contributed by atoms with Gasteiger partial charge in [0.2, 0.25) is 5.91 Å². The van der Waals surface area contributed by atoms with E-state index in [9.17, 15) is 13.6 Å². The summed E-state index contributed by atoms with van der Waals surface area (Å²) in [6.45, 7) is 3.58. The molecular weight excluding hydrogens is 314 g/mol. The first-order chi connectivity index (χ1) is 9.86. The number of thiazole rings is 1. The number of carbonyl (C=O) groups is 1. The molecule has 2 rings (SSSR count). The van der Waals surface area contributed by atoms with Crippen molar-refractivity contribution in [3.63, 3.8) is 0 Å². The molecular formula is C14H14F2N2OS2. The van der Waals surface area contributed by atoms with Gasteiger partial charge in [-0.25, -0.2) is 13.8 Å². The summed E-state index contributed by atoms with van der Waals surface area (Å²) in [6.07, 6.45) is 0.146. The van der Waals surface area contributed by atoms with E-state index < -0.39 is 17.5 Å². The molecule has 1 aromatic heterocycles. The van der Waals surface area contributed by atoms with E-state index in [0.29, 0.717) is 9.90 Å². The summed E-state index contributed by atoms with van der Waals surface area (Å²) in [5, 5.41) is -0.285. The Morgan fingerprint density at radius 2 is 2.19 bits per heavy atom. The lowest BCUT2D eigenvalue weighted by Crippen LogP contribution is -2.13. The minimum atomic E-state index is -0.469. The highest BCUT2D eigenvalue weighted by atomic mass is 32.2. The smallest absolute Gasteiger partial charge is 0.222 e. The summed E-state index contributed by atoms with van der Waals surface area (Å²) in [4.78, 5) is 16.1. The number of thioether (sulfide) groups is 1. The first kappa shape index (κ1) is 15.9. The van der Waals surface area contributed by atoms with Gasteiger partial charge in [-0.2, -0.15) is 0 Å². The number of hydrogen-bond donors (Lipinski definition) is 1. The average molecular weight is 328 g/mol. The van der Waals surface area contributed by atoms with Crippen LogP contribution in [0.25, 0.3) is 0 Å². The average Bonchev–Trinajstić information content (AvgIpc) is 2.71. The Morgan fingerprint density at radius 1 is 1.48 bits per heavy atom. The molecule has 0 aliphatic rings. The van der Waals surface area contributed by atoms with Crippen molar-refractivity contribution >= 4 is 29.0 Å². The SMILES string of the molecule is Cc1nc(S[C@H](C)c2cc(F)ccc2F)sc1CC(N)=O. The molecule has 0 bridgehead atoms. The number of nitrogens with zero attached hydrogens (tertiary/aromatic N) is 1. The van der Waals surface area contributed by atoms with Crippen LogP contribution >= 0.6 is 23.1 Å². The standard InChI is InChI=1S/C14H14F2N2OS2/c1-7-12(6-13(17)19)21-14(18-7)20-8(2)10-5-9(15)3-4-11(10)16/h3-5,8H,6H2,1-2H3,(H2,17,19)/t8-/m1/s1. The maximum atomic E-state index is 13.7. The molecule has 0 fully saturated rings. The van der Waals surface area contributed by atoms with Crippen LogP contribution < -0.4 is 5.73 Å². The van der Waals surface area contributed by atoms with Crippen LogP contribution in [0.1, 0.15) is 28.3 Å². The van der Waals surface area contributed by atoms with Crippen molar-refractivity contribution < 1.29 is 13.6 Å². The number of amides is 1. The van der Waals surface area contributed by atoms with Crippen molar-refractivity contribution in [3.8, 4) is 0 Å². The summed E-state index contributed by atoms with van der Waals surface area (Å²) in [5.74, 6) is -1.33. The highest BCUT2D eigenvalue weighted by Crippen LogP contribution is 2.39. The molecule has 0 aliphatic carbocycles. The van der Waals surface area contributed by atoms with Crippen LogP contribution in [0.4, 0.5) is 8.78 Å². The summed E-state index contributed by atoms with van der Waals surface area (Å²) in [7, 11) is 0. The summed E-state index contributed by atoms with van der Waals surface area (Å²) >= 11 is 2.69. The molecule has 112 valence electrons. The first-order valence-electron chi connectivity index (χ1n) is 6.23. The van der Waals surface area contributed by atoms with E-state index in [2.05, 4.69) is 4.98 Å². The fraction of sp³-hybridized carbons (Fsp3) is 0.286. The van der Waals surface area contributed by atoms with Crippen molar-refractivity contribution in [3.05, 3.63) is 46.0 Å². The topological polar surface area (TPSA) is 56.0 Å². The second-order valence-corrected chi connectivity index (χ2v) is 7.23. The van der Waals surface area contributed by atoms with Gasteiger partial charge in [-0.3, -0.25) is 4.79 Å². The van der Waals surface area contributed by atoms with E-state index in [-0.39, 0.29) is 11.7 Å². The molecule has 3 nitrogen and oxygen atoms in total. The number of carbonyl (C=O) groups excluding carboxylic acids is 1. The van der Waals surface area contributed by atoms with Gasteiger partial charge in [0.15, 0.2) is 4.34 Å². The van der Waals surface area contributed by atoms with E-state index in [1.807, 2.05) is 0 Å². The second kappa shape index (κ2) is 6.53. The predicted octanol–water partition coefficient (Wildman–Crippen LogP) is 3.61. The molecule has 0 saturated carbocycles. The molecule has 0 spiro atoms. The third-order valence-electron chi connectivity index (χ3n) is 2.88. The number of hydrogen-bond acceptors (Lipinski definition) is 4. The van der Waals surface area contributed by atoms with Crippen LogP contribution in [0.2, 0.25) is 0 Å². The minimum absolute atomic E-state index is 0.146. The number of aromatic nitrogens is 1. The van der Waals surface area contributed by atoms with Gasteiger partial charge in [-0.15, -0.1) is 11.3 Å². The molecule has 1 atom stereocenters. The van der Waals surface area contributed by atoms with Crippen LogP contribution in [0.5, 0.6) is 0 Å². The maximum Gasteiger partial charge on any atom is 0.222 e. The normalized spacial score (nSPS) is 12.4. The maximum absolute atomic E-state index is 13.7. The lowest BCUT2D eigenvalue weighted by atomic mass is 10.1. The van der Waals surface area contributed by atoms with Crippen molar-refractivity contribution in [2.45, 2.75) is 29.9 Å². The van der Waals surface area contributed by atoms with Gasteiger partial charge in [0.25, 0.3) is 0 Å². The molecule has 1 heterocycles. The van der Waals surface area contributed by atoms with E-state index in [4.69, 9.17) is 5.73 Å². The minimum Gasteiger partial charge on any atom is -0.369 e. The zero-order chi connectivity index (χ0) is 15.6. The zero-order valence-corrected chi connectivity index (χ0v) is 13.2. The lowest BCUT2D eigenvalue weighted by Gasteiger charge is -2.10. The van der Waals surface area contributed by atoms with Gasteiger partial charge in [-0.1, -0.05) is 11.8 Å². The van der Waals surface area contributed by atoms with Crippen LogP contribution in [0.3, 0.4) is 0 Å². The van der Waals surface area contributed by atoms with Crippen molar-refractivity contribution in [2.24, 2.45) is 5.73 Å². The van der Waals surface area contributed by atoms with Crippen molar-refractivity contribution in [1.82, 2.24) is 4.98 Å². The molecule has 7 heteroatoms. The highest BCUT2D eigenvalue weighted by molar-refractivity contribution is 8.01. The number of nitrogens with two attached hydrogens (primary N) is 1. The largest absolute Gasteiger partial charge is 0.369 e. The lowest BCUT2D eigenvalue weighted by molar-refractivity contribution is -0.117. The van der Waals surface area contributed by atoms with E-state index in [1.54, 1.807) is 13.8 Å². The van der Waals surface area contributed by atoms with E-state index >= 15 is 0 Å². The zero-order valence-electron chi connectivity index (χ0n) is 11.5. The molecule has 0 saturated heterocycles. The van der Waals surface area contributed by atoms with Gasteiger partial charge in [0, 0.05) is 15.7 Å². The van der Waals surface area contributed by atoms with Gasteiger partial charge < -0.3 is 5.73 Å². The summed E-state index contributed by atoms with van der Waals surface area (Å²) < 4.78 is 27.6. The van der Waals surface area contributed by atoms with E-state index in [0.717, 1.165) is 22.7 Å². The van der Waals surface area contributed by atoms with Crippen LogP contribution in [-0.2, 0) is 11.2 Å². The summed E-state index contributed by atoms with van der Waals surface area (Å²) in [5.41, 5.74) is 6.21. The molecule has 1 aromatic carbocycles. The number of primary amides is 1. The highest BCUT2D eigenvalue weighted by Gasteiger charge is 2.17. The molecule has 2 N–H and O–H groups in total. The summed E-state index contributed by atoms with van der Waals surface area (Å²) in [6, 6.07) is 3.40. The molecule has 1 amide bonds. The molecule has 2 aromatic rings. The van der Waals surface area contributed by atoms with Crippen LogP contribution in [0, 0.1) is 18.6 Å². The fourth-order valence-electron chi connectivity index (χ4n) is 1.81. The van der Waals surface area contributed by atoms with Crippen LogP contribution in [-0.4, -0.2) is 10.9 Å². The van der Waals surface area contributed by atoms with Gasteiger partial charge in [0.05, 0.1) is 12.1 Å². The fourth-order valence-corrected chi connectivity index (χ4v) is 4.34. The van der Waals surface area contributed by atoms with Gasteiger partial charge in [-0.05, 0) is 32.0 Å². The first-order valence-corrected chi connectivity index (χ1v) is 7.92. The second-order valence-electron chi connectivity index (χ2n) is 4.56. The molecule has 0 unspecified atom stereocenters. The van der Waals surface area contributed by atoms with Crippen molar-refractivity contribution in [2.75, 3.05) is 0 Å². The van der Waals surface area contributed by atoms with E-state index in [1.165, 1.54) is 29.2 Å². The van der Waals surface area contributed by atoms with Gasteiger partial charge >= 0.3 is 0 Å². The van der Waals surface area contributed by atoms with Crippen LogP contribution in [0.15, 0.2) is 22.5 Å². The Balaban J connectivity index is 2.17. The number of rotatable bonds is 5. The quantitative estimate of drug-likeness (QED) is 0.853. The molecule has 21 heavy (non-hydrogen) atoms. The third-order valence-corrected chi connectivity index (χ3v) is 5.27. The molecule has 0 aliphatic heterocycles. The predicted molar refractivity (Wildman–Crippen MR) is 80.4 cm³/mol. The Kier molecular flexibility index (Phi) is 4.95. The number of benzene rings is 1. The monoisotopic (exact) mass is 328 g/mol. The number of aryl methyl sites for hydroxylation is 1. The molecule has 0 radical (unpaired) electrons. The Hall–Kier alpha value is -1.47. The van der Waals surface area contributed by atoms with Crippen molar-refractivity contribution in [1.29, 1.82) is 0 Å². The third kappa shape index (κ3) is 4.01. The Bertz CT molecular complexity index is 673. The Labute approximate surface area is 129 Å². The Morgan fingerprint density at radius 3 is 2.86 bits per heavy atom. The van der Waals surface area contributed by atoms with Gasteiger partial charge in [0.1, 0.15) is 11.6 Å².